The van der Waals surface area contributed by atoms with Gasteiger partial charge in [-0.05, 0) is 0 Å². The molecule has 0 saturated heterocycles. The van der Waals surface area contributed by atoms with Crippen LogP contribution in [0.4, 0.5) is 0 Å². The molecule has 15 heavy (non-hydrogen) atoms. The molecule has 0 N–H and O–H groups in total. The summed E-state index contributed by atoms with van der Waals surface area (Å²) in [6, 6.07) is 17.6. The first-order valence-electron chi connectivity index (χ1n) is 5.64. The van der Waals surface area contributed by atoms with E-state index in [1.165, 1.54) is 22.1 Å². The quantitative estimate of drug-likeness (QED) is 0.564. The second-order valence-corrected chi connectivity index (χ2v) is 5.05. The molecule has 74 valence electrons. The van der Waals surface area contributed by atoms with Crippen LogP contribution in [-0.4, -0.2) is 6.15 Å². The molecule has 3 rings (SSSR count). The summed E-state index contributed by atoms with van der Waals surface area (Å²) in [4.78, 5) is 0. The van der Waals surface area contributed by atoms with Crippen LogP contribution in [0.3, 0.4) is 0 Å². The largest absolute Gasteiger partial charge is 0.198 e. The van der Waals surface area contributed by atoms with Crippen LogP contribution in [0.1, 0.15) is 0 Å². The molecule has 0 radical (unpaired) electrons. The van der Waals surface area contributed by atoms with Crippen molar-refractivity contribution >= 4 is 17.1 Å². The molecule has 1 aliphatic rings. The molecule has 0 saturated carbocycles. The molecule has 2 aromatic rings. The predicted octanol–water partition coefficient (Wildman–Crippen LogP) is 2.49. The maximum atomic E-state index is 2.37. The van der Waals surface area contributed by atoms with Gasteiger partial charge in [0.1, 0.15) is 0 Å². The first-order chi connectivity index (χ1) is 7.21. The summed E-state index contributed by atoms with van der Waals surface area (Å²) in [7, 11) is 0. The monoisotopic (exact) mass is 193 g/mol. The third-order valence-corrected chi connectivity index (χ3v) is 3.77. The second-order valence-electron chi connectivity index (χ2n) is 5.05. The number of hydrogen-bond donors (Lipinski definition) is 0. The van der Waals surface area contributed by atoms with Crippen molar-refractivity contribution in [2.75, 3.05) is 0 Å². The molecular formula is C14H14B-. The first-order valence-corrected chi connectivity index (χ1v) is 5.64. The Balaban J connectivity index is 2.42. The molecule has 0 spiro atoms. The molecule has 0 atom stereocenters. The lowest BCUT2D eigenvalue weighted by Crippen LogP contribution is -2.49. The molecule has 0 bridgehead atoms. The summed E-state index contributed by atoms with van der Waals surface area (Å²) in [5, 5.41) is 0. The Kier molecular flexibility index (Phi) is 1.61. The van der Waals surface area contributed by atoms with Crippen LogP contribution < -0.4 is 10.9 Å². The summed E-state index contributed by atoms with van der Waals surface area (Å²) >= 11 is 0. The Labute approximate surface area is 90.9 Å². The highest BCUT2D eigenvalue weighted by atomic mass is 14.2. The van der Waals surface area contributed by atoms with E-state index in [9.17, 15) is 0 Å². The van der Waals surface area contributed by atoms with Crippen molar-refractivity contribution in [3.8, 4) is 11.1 Å². The fourth-order valence-corrected chi connectivity index (χ4v) is 2.91. The van der Waals surface area contributed by atoms with Gasteiger partial charge in [0, 0.05) is 0 Å². The summed E-state index contributed by atoms with van der Waals surface area (Å²) in [6.45, 7) is 4.73. The summed E-state index contributed by atoms with van der Waals surface area (Å²) < 4.78 is 0. The fourth-order valence-electron chi connectivity index (χ4n) is 2.91. The highest BCUT2D eigenvalue weighted by molar-refractivity contribution is 7.03. The van der Waals surface area contributed by atoms with Crippen LogP contribution in [0.5, 0.6) is 0 Å². The number of hydrogen-bond acceptors (Lipinski definition) is 0. The van der Waals surface area contributed by atoms with Gasteiger partial charge in [-0.2, -0.15) is 24.6 Å². The van der Waals surface area contributed by atoms with E-state index >= 15 is 0 Å². The van der Waals surface area contributed by atoms with Crippen molar-refractivity contribution < 1.29 is 0 Å². The van der Waals surface area contributed by atoms with Crippen molar-refractivity contribution in [3.63, 3.8) is 0 Å². The molecule has 1 heterocycles. The van der Waals surface area contributed by atoms with Crippen molar-refractivity contribution in [2.24, 2.45) is 0 Å². The van der Waals surface area contributed by atoms with Gasteiger partial charge < -0.3 is 0 Å². The average Bonchev–Trinajstić information content (AvgIpc) is 2.51. The van der Waals surface area contributed by atoms with E-state index in [0.717, 1.165) is 0 Å². The Bertz CT molecular complexity index is 479. The number of fused-ring (bicyclic) bond motifs is 3. The third kappa shape index (κ3) is 1.04. The van der Waals surface area contributed by atoms with Crippen molar-refractivity contribution in [1.29, 1.82) is 0 Å². The average molecular weight is 193 g/mol. The van der Waals surface area contributed by atoms with Crippen LogP contribution in [0.25, 0.3) is 11.1 Å². The summed E-state index contributed by atoms with van der Waals surface area (Å²) in [5.74, 6) is 0. The topological polar surface area (TPSA) is 0 Å². The van der Waals surface area contributed by atoms with Crippen LogP contribution in [0.15, 0.2) is 48.5 Å². The van der Waals surface area contributed by atoms with E-state index in [-0.39, 0.29) is 0 Å². The maximum Gasteiger partial charge on any atom is 0.0501 e. The van der Waals surface area contributed by atoms with Gasteiger partial charge in [-0.3, -0.25) is 0 Å². The van der Waals surface area contributed by atoms with E-state index in [2.05, 4.69) is 62.2 Å². The van der Waals surface area contributed by atoms with Gasteiger partial charge in [-0.15, -0.1) is 0 Å². The van der Waals surface area contributed by atoms with E-state index in [1.807, 2.05) is 0 Å². The maximum absolute atomic E-state index is 2.37. The molecule has 0 amide bonds. The molecule has 0 nitrogen and oxygen atoms in total. The zero-order valence-electron chi connectivity index (χ0n) is 9.20. The fraction of sp³-hybridized carbons (Fsp3) is 0.143. The lowest BCUT2D eigenvalue weighted by Gasteiger charge is -2.27. The zero-order chi connectivity index (χ0) is 10.5. The molecule has 2 aromatic carbocycles. The highest BCUT2D eigenvalue weighted by Gasteiger charge is 2.27. The van der Waals surface area contributed by atoms with Crippen LogP contribution in [-0.2, 0) is 0 Å². The molecule has 0 aliphatic carbocycles. The Hall–Kier alpha value is -1.50. The Morgan fingerprint density at radius 1 is 0.667 bits per heavy atom. The third-order valence-electron chi connectivity index (χ3n) is 3.77. The summed E-state index contributed by atoms with van der Waals surface area (Å²) in [6.07, 6.45) is -0.534. The van der Waals surface area contributed by atoms with E-state index < -0.39 is 6.15 Å². The zero-order valence-corrected chi connectivity index (χ0v) is 9.20. The van der Waals surface area contributed by atoms with Crippen LogP contribution >= 0.6 is 0 Å². The first kappa shape index (κ1) is 8.78. The molecule has 1 heteroatoms. The van der Waals surface area contributed by atoms with Gasteiger partial charge in [0.05, 0.1) is 6.15 Å². The van der Waals surface area contributed by atoms with Crippen molar-refractivity contribution in [2.45, 2.75) is 13.6 Å². The smallest absolute Gasteiger partial charge is 0.0501 e. The molecule has 0 fully saturated rings. The number of rotatable bonds is 0. The predicted molar refractivity (Wildman–Crippen MR) is 68.6 cm³/mol. The van der Waals surface area contributed by atoms with Gasteiger partial charge in [-0.25, -0.2) is 0 Å². The van der Waals surface area contributed by atoms with E-state index in [1.54, 1.807) is 0 Å². The minimum atomic E-state index is -0.534. The minimum absolute atomic E-state index is 0.534. The molecule has 0 unspecified atom stereocenters. The lowest BCUT2D eigenvalue weighted by atomic mass is 9.23. The molecule has 0 aromatic heterocycles. The minimum Gasteiger partial charge on any atom is -0.198 e. The van der Waals surface area contributed by atoms with Gasteiger partial charge in [0.25, 0.3) is 0 Å². The van der Waals surface area contributed by atoms with Crippen molar-refractivity contribution in [3.05, 3.63) is 48.5 Å². The van der Waals surface area contributed by atoms with Gasteiger partial charge >= 0.3 is 0 Å². The van der Waals surface area contributed by atoms with Gasteiger partial charge in [0.2, 0.25) is 0 Å². The van der Waals surface area contributed by atoms with Crippen LogP contribution in [0, 0.1) is 0 Å². The Morgan fingerprint density at radius 2 is 1.07 bits per heavy atom. The molecular weight excluding hydrogens is 179 g/mol. The lowest BCUT2D eigenvalue weighted by molar-refractivity contribution is 1.71. The van der Waals surface area contributed by atoms with Gasteiger partial charge in [-0.1, -0.05) is 59.7 Å². The normalized spacial score (nSPS) is 15.9. The SMILES string of the molecule is C[B-]1(C)c2ccccc2-c2ccccc21. The highest BCUT2D eigenvalue weighted by Crippen LogP contribution is 2.27. The number of benzene rings is 2. The molecule has 1 aliphatic heterocycles. The van der Waals surface area contributed by atoms with Gasteiger partial charge in [0.15, 0.2) is 0 Å². The Morgan fingerprint density at radius 3 is 1.53 bits per heavy atom. The second kappa shape index (κ2) is 2.76. The summed E-state index contributed by atoms with van der Waals surface area (Å²) in [5.41, 5.74) is 5.88. The standard InChI is InChI=1S/C14H14B/c1-15(2)13-9-5-3-7-11(13)12-8-4-6-10-14(12)15/h3-10H,1-2H3/q-1. The van der Waals surface area contributed by atoms with Crippen molar-refractivity contribution in [1.82, 2.24) is 0 Å². The van der Waals surface area contributed by atoms with E-state index in [0.29, 0.717) is 0 Å². The van der Waals surface area contributed by atoms with E-state index in [4.69, 9.17) is 0 Å². The van der Waals surface area contributed by atoms with Crippen LogP contribution in [0.2, 0.25) is 13.6 Å².